The van der Waals surface area contributed by atoms with Gasteiger partial charge < -0.3 is 19.0 Å². The van der Waals surface area contributed by atoms with Gasteiger partial charge in [0.1, 0.15) is 17.5 Å². The highest BCUT2D eigenvalue weighted by Gasteiger charge is 2.26. The Labute approximate surface area is 240 Å². The maximum atomic E-state index is 14.4. The Bertz CT molecular complexity index is 1790. The molecule has 1 fully saturated rings. The number of hydrogen-bond acceptors (Lipinski definition) is 5. The van der Waals surface area contributed by atoms with Crippen LogP contribution in [0.1, 0.15) is 39.6 Å². The number of carboxylic acid groups (broad SMARTS) is 1. The highest BCUT2D eigenvalue weighted by atomic mass is 35.5. The monoisotopic (exact) mass is 573 g/mol. The summed E-state index contributed by atoms with van der Waals surface area (Å²) in [7, 11) is 0. The highest BCUT2D eigenvalue weighted by molar-refractivity contribution is 6.30. The third-order valence-corrected chi connectivity index (χ3v) is 8.48. The third-order valence-electron chi connectivity index (χ3n) is 8.24. The van der Waals surface area contributed by atoms with Crippen molar-refractivity contribution < 1.29 is 19.0 Å². The minimum atomic E-state index is -0.950. The number of benzene rings is 3. The Hall–Kier alpha value is -3.79. The second-order valence-electron chi connectivity index (χ2n) is 10.8. The minimum absolute atomic E-state index is 0.116. The second-order valence-corrected chi connectivity index (χ2v) is 11.3. The van der Waals surface area contributed by atoms with E-state index >= 15 is 0 Å². The van der Waals surface area contributed by atoms with Crippen LogP contribution in [0.2, 0.25) is 5.02 Å². The summed E-state index contributed by atoms with van der Waals surface area (Å²) in [5.41, 5.74) is 5.67. The predicted octanol–water partition coefficient (Wildman–Crippen LogP) is 5.47. The molecule has 2 aromatic heterocycles. The lowest BCUT2D eigenvalue weighted by molar-refractivity contribution is -0.0592. The molecule has 41 heavy (non-hydrogen) atoms. The number of aryl methyl sites for hydroxylation is 2. The summed E-state index contributed by atoms with van der Waals surface area (Å²) in [5.74, 6) is 0.662. The molecule has 1 N–H and O–H groups in total. The predicted molar refractivity (Wildman–Crippen MR) is 154 cm³/mol. The van der Waals surface area contributed by atoms with Gasteiger partial charge in [0.15, 0.2) is 0 Å². The van der Waals surface area contributed by atoms with Gasteiger partial charge in [-0.1, -0.05) is 29.8 Å². The molecule has 0 bridgehead atoms. The number of nitrogens with zero attached hydrogens (tertiary/aromatic N) is 5. The Morgan fingerprint density at radius 3 is 2.68 bits per heavy atom. The van der Waals surface area contributed by atoms with Crippen molar-refractivity contribution in [3.8, 4) is 0 Å². The van der Waals surface area contributed by atoms with Gasteiger partial charge in [0, 0.05) is 24.7 Å². The van der Waals surface area contributed by atoms with Crippen LogP contribution in [-0.2, 0) is 43.8 Å². The Balaban J connectivity index is 1.14. The molecule has 0 amide bonds. The molecule has 0 unspecified atom stereocenters. The molecule has 10 heteroatoms. The summed E-state index contributed by atoms with van der Waals surface area (Å²) >= 11 is 5.92. The zero-order chi connectivity index (χ0) is 28.1. The topological polar surface area (TPSA) is 85.4 Å². The zero-order valence-electron chi connectivity index (χ0n) is 22.4. The van der Waals surface area contributed by atoms with Crippen molar-refractivity contribution >= 4 is 39.6 Å². The molecule has 7 rings (SSSR count). The number of carboxylic acids is 1. The first-order valence-corrected chi connectivity index (χ1v) is 14.3. The van der Waals surface area contributed by atoms with E-state index in [4.69, 9.17) is 26.3 Å². The number of rotatable bonds is 8. The van der Waals surface area contributed by atoms with E-state index in [0.717, 1.165) is 65.4 Å². The molecular weight excluding hydrogens is 545 g/mol. The number of ether oxygens (including phenoxy) is 1. The van der Waals surface area contributed by atoms with Crippen LogP contribution in [0.3, 0.4) is 0 Å². The van der Waals surface area contributed by atoms with E-state index in [2.05, 4.69) is 26.2 Å². The van der Waals surface area contributed by atoms with Gasteiger partial charge in [-0.25, -0.2) is 19.2 Å². The molecule has 0 spiro atoms. The van der Waals surface area contributed by atoms with Crippen LogP contribution >= 0.6 is 11.6 Å². The Morgan fingerprint density at radius 1 is 1.05 bits per heavy atom. The lowest BCUT2D eigenvalue weighted by atomic mass is 10.0. The lowest BCUT2D eigenvalue weighted by Crippen LogP contribution is -2.35. The average Bonchev–Trinajstić information content (AvgIpc) is 3.47. The first-order chi connectivity index (χ1) is 19.9. The summed E-state index contributed by atoms with van der Waals surface area (Å²) in [6.45, 7) is 4.34. The van der Waals surface area contributed by atoms with Crippen LogP contribution < -0.4 is 0 Å². The van der Waals surface area contributed by atoms with Crippen LogP contribution in [0.15, 0.2) is 54.6 Å². The summed E-state index contributed by atoms with van der Waals surface area (Å²) < 4.78 is 24.5. The fourth-order valence-corrected chi connectivity index (χ4v) is 6.10. The zero-order valence-corrected chi connectivity index (χ0v) is 23.1. The van der Waals surface area contributed by atoms with E-state index in [1.54, 1.807) is 30.3 Å². The van der Waals surface area contributed by atoms with Gasteiger partial charge >= 0.3 is 5.97 Å². The van der Waals surface area contributed by atoms with Crippen LogP contribution in [0.5, 0.6) is 0 Å². The molecule has 210 valence electrons. The van der Waals surface area contributed by atoms with Crippen molar-refractivity contribution in [1.82, 2.24) is 24.0 Å². The molecule has 5 aromatic rings. The molecule has 0 radical (unpaired) electrons. The first-order valence-electron chi connectivity index (χ1n) is 13.9. The van der Waals surface area contributed by atoms with Crippen LogP contribution in [-0.4, -0.2) is 54.3 Å². The van der Waals surface area contributed by atoms with E-state index in [0.29, 0.717) is 43.1 Å². The van der Waals surface area contributed by atoms with E-state index in [1.807, 2.05) is 6.07 Å². The maximum Gasteiger partial charge on any atom is 0.335 e. The summed E-state index contributed by atoms with van der Waals surface area (Å²) in [6, 6.07) is 16.2. The van der Waals surface area contributed by atoms with E-state index in [-0.39, 0.29) is 17.5 Å². The molecule has 3 aromatic carbocycles. The SMILES string of the molecule is O=C(O)c1ccc2nc(CN3CCn4c(nc5c(CCc6ccc(Cl)cc6F)cccc54)C3)n(C[C@@H]3CCO3)c2c1. The van der Waals surface area contributed by atoms with Crippen LogP contribution in [0, 0.1) is 5.82 Å². The fraction of sp³-hybridized carbons (Fsp3) is 0.323. The number of para-hydroxylation sites is 1. The number of aromatic nitrogens is 4. The molecule has 4 heterocycles. The minimum Gasteiger partial charge on any atom is -0.478 e. The molecular formula is C31H29ClFN5O3. The van der Waals surface area contributed by atoms with Gasteiger partial charge in [-0.3, -0.25) is 4.90 Å². The maximum absolute atomic E-state index is 14.4. The summed E-state index contributed by atoms with van der Waals surface area (Å²) in [6.07, 6.45) is 2.35. The quantitative estimate of drug-likeness (QED) is 0.265. The van der Waals surface area contributed by atoms with E-state index in [9.17, 15) is 14.3 Å². The molecule has 0 saturated carbocycles. The van der Waals surface area contributed by atoms with Crippen LogP contribution in [0.25, 0.3) is 22.1 Å². The second kappa shape index (κ2) is 10.6. The third kappa shape index (κ3) is 4.98. The van der Waals surface area contributed by atoms with Crippen molar-refractivity contribution in [2.45, 2.75) is 51.5 Å². The first kappa shape index (κ1) is 26.1. The number of halogens is 2. The number of aromatic carboxylic acids is 1. The Kier molecular flexibility index (Phi) is 6.73. The number of fused-ring (bicyclic) bond motifs is 4. The molecule has 8 nitrogen and oxygen atoms in total. The van der Waals surface area contributed by atoms with Gasteiger partial charge in [-0.15, -0.1) is 0 Å². The molecule has 0 aliphatic carbocycles. The molecule has 1 saturated heterocycles. The standard InChI is InChI=1S/C31H29ClFN5O3/c32-22-8-6-19(24(33)15-22)4-5-20-2-1-3-26-30(20)35-29-18-36(11-12-37(26)29)17-28-34-25-9-7-21(31(39)40)14-27(25)38(28)16-23-10-13-41-23/h1-3,6-9,14-15,23H,4-5,10-13,16-18H2,(H,39,40)/t23-/m0/s1. The van der Waals surface area contributed by atoms with Crippen molar-refractivity contribution in [1.29, 1.82) is 0 Å². The molecule has 2 aliphatic heterocycles. The van der Waals surface area contributed by atoms with Crippen molar-refractivity contribution in [2.75, 3.05) is 13.2 Å². The van der Waals surface area contributed by atoms with Gasteiger partial charge in [0.05, 0.1) is 53.4 Å². The average molecular weight is 574 g/mol. The lowest BCUT2D eigenvalue weighted by Gasteiger charge is -2.30. The largest absolute Gasteiger partial charge is 0.478 e. The summed E-state index contributed by atoms with van der Waals surface area (Å²) in [5, 5.41) is 9.93. The summed E-state index contributed by atoms with van der Waals surface area (Å²) in [4.78, 5) is 23.9. The molecule has 1 atom stereocenters. The molecule has 2 aliphatic rings. The highest BCUT2D eigenvalue weighted by Crippen LogP contribution is 2.28. The van der Waals surface area contributed by atoms with E-state index in [1.165, 1.54) is 6.07 Å². The smallest absolute Gasteiger partial charge is 0.335 e. The fourth-order valence-electron chi connectivity index (χ4n) is 5.94. The Morgan fingerprint density at radius 2 is 1.90 bits per heavy atom. The van der Waals surface area contributed by atoms with E-state index < -0.39 is 5.97 Å². The van der Waals surface area contributed by atoms with Crippen molar-refractivity contribution in [3.05, 3.63) is 93.8 Å². The van der Waals surface area contributed by atoms with Crippen molar-refractivity contribution in [3.63, 3.8) is 0 Å². The number of imidazole rings is 2. The number of hydrogen-bond donors (Lipinski definition) is 1. The van der Waals surface area contributed by atoms with Gasteiger partial charge in [-0.05, 0) is 66.8 Å². The van der Waals surface area contributed by atoms with Gasteiger partial charge in [0.2, 0.25) is 0 Å². The van der Waals surface area contributed by atoms with Crippen LogP contribution in [0.4, 0.5) is 4.39 Å². The number of carbonyl (C=O) groups is 1. The van der Waals surface area contributed by atoms with Gasteiger partial charge in [0.25, 0.3) is 0 Å². The normalized spacial score (nSPS) is 17.2. The van der Waals surface area contributed by atoms with Gasteiger partial charge in [-0.2, -0.15) is 0 Å². The van der Waals surface area contributed by atoms with Crippen molar-refractivity contribution in [2.24, 2.45) is 0 Å².